The fourth-order valence-electron chi connectivity index (χ4n) is 3.39. The van der Waals surface area contributed by atoms with E-state index in [-0.39, 0.29) is 18.2 Å². The van der Waals surface area contributed by atoms with Crippen molar-refractivity contribution >= 4 is 5.69 Å². The fraction of sp³-hybridized carbons (Fsp3) is 0.692. The zero-order valence-electron chi connectivity index (χ0n) is 11.5. The summed E-state index contributed by atoms with van der Waals surface area (Å²) in [5.74, 6) is 0. The van der Waals surface area contributed by atoms with E-state index in [2.05, 4.69) is 0 Å². The summed E-state index contributed by atoms with van der Waals surface area (Å²) in [6, 6.07) is 0. The van der Waals surface area contributed by atoms with Crippen LogP contribution in [0.25, 0.3) is 0 Å². The summed E-state index contributed by atoms with van der Waals surface area (Å²) in [5.41, 5.74) is -2.28. The molecule has 0 amide bonds. The van der Waals surface area contributed by atoms with Crippen LogP contribution < -0.4 is 11.2 Å². The highest BCUT2D eigenvalue weighted by Gasteiger charge is 2.42. The van der Waals surface area contributed by atoms with Gasteiger partial charge in [-0.3, -0.25) is 24.5 Å². The Morgan fingerprint density at radius 2 is 2.10 bits per heavy atom. The number of hydrogen-bond acceptors (Lipinski definition) is 5. The maximum atomic E-state index is 11.7. The predicted octanol–water partition coefficient (Wildman–Crippen LogP) is 0.937. The van der Waals surface area contributed by atoms with Crippen molar-refractivity contribution in [3.8, 4) is 0 Å². The monoisotopic (exact) mass is 295 g/mol. The molecule has 1 spiro atoms. The van der Waals surface area contributed by atoms with Gasteiger partial charge < -0.3 is 4.74 Å². The summed E-state index contributed by atoms with van der Waals surface area (Å²) < 4.78 is 7.24. The quantitative estimate of drug-likeness (QED) is 0.659. The molecule has 0 aromatic carbocycles. The molecule has 1 saturated heterocycles. The summed E-state index contributed by atoms with van der Waals surface area (Å²) >= 11 is 0. The second-order valence-electron chi connectivity index (χ2n) is 5.85. The second kappa shape index (κ2) is 5.10. The van der Waals surface area contributed by atoms with Crippen LogP contribution in [-0.2, 0) is 11.3 Å². The van der Waals surface area contributed by atoms with E-state index in [1.807, 2.05) is 4.98 Å². The molecular formula is C13H17N3O5. The lowest BCUT2D eigenvalue weighted by Crippen LogP contribution is -2.34. The van der Waals surface area contributed by atoms with Crippen molar-refractivity contribution in [3.63, 3.8) is 0 Å². The third-order valence-corrected chi connectivity index (χ3v) is 4.44. The van der Waals surface area contributed by atoms with Crippen LogP contribution in [0.5, 0.6) is 0 Å². The molecule has 21 heavy (non-hydrogen) atoms. The smallest absolute Gasteiger partial charge is 0.350 e. The minimum Gasteiger partial charge on any atom is -0.370 e. The van der Waals surface area contributed by atoms with E-state index in [1.165, 1.54) is 0 Å². The molecule has 0 bridgehead atoms. The summed E-state index contributed by atoms with van der Waals surface area (Å²) in [5, 5.41) is 10.8. The molecule has 2 aliphatic rings. The molecule has 2 fully saturated rings. The van der Waals surface area contributed by atoms with Crippen molar-refractivity contribution in [2.24, 2.45) is 0 Å². The normalized spacial score (nSPS) is 23.7. The van der Waals surface area contributed by atoms with Crippen LogP contribution in [0.1, 0.15) is 38.5 Å². The van der Waals surface area contributed by atoms with E-state index >= 15 is 0 Å². The Morgan fingerprint density at radius 3 is 2.76 bits per heavy atom. The lowest BCUT2D eigenvalue weighted by molar-refractivity contribution is -0.386. The zero-order valence-corrected chi connectivity index (χ0v) is 11.5. The molecule has 8 nitrogen and oxygen atoms in total. The molecule has 1 unspecified atom stereocenters. The molecule has 0 radical (unpaired) electrons. The number of aromatic nitrogens is 2. The molecule has 8 heteroatoms. The Hall–Kier alpha value is -1.96. The standard InChI is InChI=1S/C13H17N3O5/c17-11-10(16(19)20)8-15(12(18)14-11)7-9-3-6-13(21-9)4-1-2-5-13/h8-9H,1-7H2,(H,14,17,18). The van der Waals surface area contributed by atoms with Crippen LogP contribution in [0, 0.1) is 10.1 Å². The molecule has 3 rings (SSSR count). The average molecular weight is 295 g/mol. The van der Waals surface area contributed by atoms with Gasteiger partial charge in [-0.2, -0.15) is 0 Å². The molecule has 1 aliphatic heterocycles. The van der Waals surface area contributed by atoms with Gasteiger partial charge in [-0.25, -0.2) is 4.79 Å². The number of rotatable bonds is 3. The summed E-state index contributed by atoms with van der Waals surface area (Å²) in [6.07, 6.45) is 7.09. The number of aromatic amines is 1. The Balaban J connectivity index is 1.79. The molecule has 1 atom stereocenters. The molecule has 1 aliphatic carbocycles. The summed E-state index contributed by atoms with van der Waals surface area (Å²) in [7, 11) is 0. The van der Waals surface area contributed by atoms with Crippen LogP contribution in [-0.4, -0.2) is 26.2 Å². The first-order chi connectivity index (χ1) is 9.99. The number of nitrogens with zero attached hydrogens (tertiary/aromatic N) is 2. The average Bonchev–Trinajstić information content (AvgIpc) is 3.03. The molecule has 1 aromatic rings. The van der Waals surface area contributed by atoms with Crippen LogP contribution in [0.2, 0.25) is 0 Å². The molecular weight excluding hydrogens is 278 g/mol. The van der Waals surface area contributed by atoms with Crippen molar-refractivity contribution in [1.82, 2.24) is 9.55 Å². The number of ether oxygens (including phenoxy) is 1. The molecule has 1 N–H and O–H groups in total. The maximum Gasteiger partial charge on any atom is 0.350 e. The zero-order chi connectivity index (χ0) is 15.0. The van der Waals surface area contributed by atoms with E-state index in [0.717, 1.165) is 49.3 Å². The van der Waals surface area contributed by atoms with Gasteiger partial charge in [0.05, 0.1) is 29.4 Å². The fourth-order valence-corrected chi connectivity index (χ4v) is 3.39. The predicted molar refractivity (Wildman–Crippen MR) is 73.3 cm³/mol. The van der Waals surface area contributed by atoms with E-state index < -0.39 is 21.9 Å². The van der Waals surface area contributed by atoms with Crippen LogP contribution in [0.3, 0.4) is 0 Å². The third kappa shape index (κ3) is 2.63. The minimum absolute atomic E-state index is 0.0532. The van der Waals surface area contributed by atoms with E-state index in [9.17, 15) is 19.7 Å². The molecule has 1 aromatic heterocycles. The van der Waals surface area contributed by atoms with E-state index in [1.54, 1.807) is 0 Å². The van der Waals surface area contributed by atoms with Gasteiger partial charge in [0.25, 0.3) is 0 Å². The number of H-pyrrole nitrogens is 1. The third-order valence-electron chi connectivity index (χ3n) is 4.44. The number of hydrogen-bond donors (Lipinski definition) is 1. The van der Waals surface area contributed by atoms with E-state index in [0.29, 0.717) is 0 Å². The van der Waals surface area contributed by atoms with Gasteiger partial charge in [0.15, 0.2) is 0 Å². The minimum atomic E-state index is -0.971. The topological polar surface area (TPSA) is 107 Å². The van der Waals surface area contributed by atoms with Gasteiger partial charge in [-0.1, -0.05) is 12.8 Å². The van der Waals surface area contributed by atoms with Gasteiger partial charge in [-0.05, 0) is 25.7 Å². The Labute approximate surface area is 119 Å². The number of nitrogens with one attached hydrogen (secondary N) is 1. The van der Waals surface area contributed by atoms with Gasteiger partial charge in [0.1, 0.15) is 0 Å². The first kappa shape index (κ1) is 14.0. The highest BCUT2D eigenvalue weighted by molar-refractivity contribution is 5.20. The second-order valence-corrected chi connectivity index (χ2v) is 5.85. The van der Waals surface area contributed by atoms with Crippen molar-refractivity contribution < 1.29 is 9.66 Å². The maximum absolute atomic E-state index is 11.7. The van der Waals surface area contributed by atoms with Crippen LogP contribution >= 0.6 is 0 Å². The lowest BCUT2D eigenvalue weighted by atomic mass is 9.98. The molecule has 114 valence electrons. The van der Waals surface area contributed by atoms with Crippen molar-refractivity contribution in [1.29, 1.82) is 0 Å². The highest BCUT2D eigenvalue weighted by Crippen LogP contribution is 2.43. The molecule has 2 heterocycles. The van der Waals surface area contributed by atoms with Gasteiger partial charge >= 0.3 is 16.9 Å². The van der Waals surface area contributed by atoms with Gasteiger partial charge in [-0.15, -0.1) is 0 Å². The van der Waals surface area contributed by atoms with Crippen molar-refractivity contribution in [2.45, 2.75) is 56.8 Å². The first-order valence-corrected chi connectivity index (χ1v) is 7.15. The summed E-state index contributed by atoms with van der Waals surface area (Å²) in [4.78, 5) is 35.0. The van der Waals surface area contributed by atoms with Crippen LogP contribution in [0.15, 0.2) is 15.8 Å². The Kier molecular flexibility index (Phi) is 3.40. The molecule has 1 saturated carbocycles. The van der Waals surface area contributed by atoms with Crippen LogP contribution in [0.4, 0.5) is 5.69 Å². The SMILES string of the molecule is O=c1[nH]c(=O)n(CC2CCC3(CCCC3)O2)cc1[N+](=O)[O-]. The first-order valence-electron chi connectivity index (χ1n) is 7.15. The van der Waals surface area contributed by atoms with Crippen molar-refractivity contribution in [3.05, 3.63) is 37.1 Å². The number of nitro groups is 1. The largest absolute Gasteiger partial charge is 0.370 e. The van der Waals surface area contributed by atoms with Crippen molar-refractivity contribution in [2.75, 3.05) is 0 Å². The lowest BCUT2D eigenvalue weighted by Gasteiger charge is -2.23. The Bertz CT molecular complexity index is 671. The van der Waals surface area contributed by atoms with Gasteiger partial charge in [0.2, 0.25) is 0 Å². The van der Waals surface area contributed by atoms with E-state index in [4.69, 9.17) is 4.74 Å². The summed E-state index contributed by atoms with van der Waals surface area (Å²) in [6.45, 7) is 0.234. The Morgan fingerprint density at radius 1 is 1.38 bits per heavy atom. The highest BCUT2D eigenvalue weighted by atomic mass is 16.6. The van der Waals surface area contributed by atoms with Gasteiger partial charge in [0, 0.05) is 0 Å².